The number of halogens is 3. The van der Waals surface area contributed by atoms with Gasteiger partial charge in [0.1, 0.15) is 11.1 Å². The summed E-state index contributed by atoms with van der Waals surface area (Å²) in [5.74, 6) is -4.02. The summed E-state index contributed by atoms with van der Waals surface area (Å²) in [6.07, 6.45) is 4.34. The number of hydrogen-bond acceptors (Lipinski definition) is 4. The molecule has 1 atom stereocenters. The van der Waals surface area contributed by atoms with E-state index in [4.69, 9.17) is 11.6 Å². The second kappa shape index (κ2) is 7.46. The van der Waals surface area contributed by atoms with Gasteiger partial charge in [-0.25, -0.2) is 13.5 Å². The molecule has 7 nitrogen and oxygen atoms in total. The standard InChI is InChI=1S/C18H20ClF2N5O2/c1-3-25(13-10-26(24-15(13)19)12-5-4-7-22-9-12)14(27)6-8-23-16(28)17(2)11-18(17,20)21/h4-5,7,9-10H,3,6,8,11H2,1-2H3,(H,23,28). The van der Waals surface area contributed by atoms with Crippen molar-refractivity contribution in [1.29, 1.82) is 0 Å². The van der Waals surface area contributed by atoms with Crippen molar-refractivity contribution >= 4 is 29.1 Å². The predicted molar refractivity (Wildman–Crippen MR) is 99.7 cm³/mol. The van der Waals surface area contributed by atoms with Gasteiger partial charge in [0.25, 0.3) is 5.92 Å². The quantitative estimate of drug-likeness (QED) is 0.759. The Kier molecular flexibility index (Phi) is 5.38. The number of anilines is 1. The van der Waals surface area contributed by atoms with Gasteiger partial charge in [0.15, 0.2) is 5.15 Å². The summed E-state index contributed by atoms with van der Waals surface area (Å²) in [5, 5.41) is 6.76. The lowest BCUT2D eigenvalue weighted by atomic mass is 10.1. The molecule has 0 radical (unpaired) electrons. The van der Waals surface area contributed by atoms with Crippen LogP contribution in [0.25, 0.3) is 5.69 Å². The van der Waals surface area contributed by atoms with Gasteiger partial charge >= 0.3 is 0 Å². The Morgan fingerprint density at radius 1 is 1.43 bits per heavy atom. The van der Waals surface area contributed by atoms with Crippen molar-refractivity contribution in [2.24, 2.45) is 5.41 Å². The highest BCUT2D eigenvalue weighted by Gasteiger charge is 2.72. The third-order valence-corrected chi connectivity index (χ3v) is 5.12. The van der Waals surface area contributed by atoms with Crippen molar-refractivity contribution in [3.63, 3.8) is 0 Å². The van der Waals surface area contributed by atoms with Crippen molar-refractivity contribution in [1.82, 2.24) is 20.1 Å². The molecule has 10 heteroatoms. The van der Waals surface area contributed by atoms with Crippen LogP contribution in [-0.4, -0.2) is 45.6 Å². The Morgan fingerprint density at radius 3 is 2.71 bits per heavy atom. The first kappa shape index (κ1) is 20.2. The van der Waals surface area contributed by atoms with E-state index in [0.29, 0.717) is 17.9 Å². The third kappa shape index (κ3) is 3.71. The fraction of sp³-hybridized carbons (Fsp3) is 0.444. The first-order valence-corrected chi connectivity index (χ1v) is 9.19. The number of rotatable bonds is 7. The minimum Gasteiger partial charge on any atom is -0.355 e. The minimum atomic E-state index is -2.98. The molecule has 1 N–H and O–H groups in total. The van der Waals surface area contributed by atoms with Crippen LogP contribution in [-0.2, 0) is 9.59 Å². The molecule has 2 heterocycles. The van der Waals surface area contributed by atoms with Crippen molar-refractivity contribution in [3.05, 3.63) is 35.9 Å². The molecule has 1 aliphatic rings. The van der Waals surface area contributed by atoms with Crippen LogP contribution in [0.3, 0.4) is 0 Å². The van der Waals surface area contributed by atoms with Crippen molar-refractivity contribution in [2.45, 2.75) is 32.6 Å². The molecule has 1 fully saturated rings. The van der Waals surface area contributed by atoms with Crippen molar-refractivity contribution in [2.75, 3.05) is 18.0 Å². The number of nitrogens with zero attached hydrogens (tertiary/aromatic N) is 4. The molecule has 0 aromatic carbocycles. The third-order valence-electron chi connectivity index (χ3n) is 4.85. The molecule has 28 heavy (non-hydrogen) atoms. The van der Waals surface area contributed by atoms with Gasteiger partial charge < -0.3 is 10.2 Å². The maximum atomic E-state index is 13.2. The minimum absolute atomic E-state index is 0.0335. The lowest BCUT2D eigenvalue weighted by molar-refractivity contribution is -0.129. The zero-order valence-electron chi connectivity index (χ0n) is 15.5. The highest BCUT2D eigenvalue weighted by molar-refractivity contribution is 6.32. The Morgan fingerprint density at radius 2 is 2.14 bits per heavy atom. The van der Waals surface area contributed by atoms with Crippen LogP contribution in [0.15, 0.2) is 30.7 Å². The first-order valence-electron chi connectivity index (χ1n) is 8.81. The number of alkyl halides is 2. The molecule has 0 bridgehead atoms. The molecule has 0 saturated heterocycles. The number of carbonyl (C=O) groups is 2. The summed E-state index contributed by atoms with van der Waals surface area (Å²) in [7, 11) is 0. The Bertz CT molecular complexity index is 889. The maximum Gasteiger partial charge on any atom is 0.263 e. The van der Waals surface area contributed by atoms with Crippen LogP contribution in [0.2, 0.25) is 5.15 Å². The molecule has 0 spiro atoms. The second-order valence-electron chi connectivity index (χ2n) is 6.82. The zero-order chi connectivity index (χ0) is 20.5. The molecule has 1 saturated carbocycles. The van der Waals surface area contributed by atoms with Gasteiger partial charge in [-0.15, -0.1) is 0 Å². The summed E-state index contributed by atoms with van der Waals surface area (Å²) in [5.41, 5.74) is -0.565. The Balaban J connectivity index is 1.63. The number of amides is 2. The fourth-order valence-electron chi connectivity index (χ4n) is 2.89. The van der Waals surface area contributed by atoms with Crippen LogP contribution in [0, 0.1) is 5.41 Å². The van der Waals surface area contributed by atoms with Gasteiger partial charge in [-0.3, -0.25) is 14.6 Å². The summed E-state index contributed by atoms with van der Waals surface area (Å²) < 4.78 is 28.0. The van der Waals surface area contributed by atoms with Gasteiger partial charge in [0, 0.05) is 32.1 Å². The fourth-order valence-corrected chi connectivity index (χ4v) is 3.12. The topological polar surface area (TPSA) is 80.1 Å². The summed E-state index contributed by atoms with van der Waals surface area (Å²) in [4.78, 5) is 29.9. The first-order chi connectivity index (χ1) is 13.2. The maximum absolute atomic E-state index is 13.2. The van der Waals surface area contributed by atoms with E-state index in [1.54, 1.807) is 37.6 Å². The van der Waals surface area contributed by atoms with Gasteiger partial charge in [-0.1, -0.05) is 11.6 Å². The molecule has 2 amide bonds. The van der Waals surface area contributed by atoms with Gasteiger partial charge in [0.05, 0.1) is 18.1 Å². The molecule has 1 unspecified atom stereocenters. The summed E-state index contributed by atoms with van der Waals surface area (Å²) in [6.45, 7) is 3.30. The van der Waals surface area contributed by atoms with Gasteiger partial charge in [0.2, 0.25) is 11.8 Å². The van der Waals surface area contributed by atoms with E-state index in [0.717, 1.165) is 0 Å². The SMILES string of the molecule is CCN(C(=O)CCNC(=O)C1(C)CC1(F)F)c1cn(-c2cccnc2)nc1Cl. The van der Waals surface area contributed by atoms with Crippen LogP contribution < -0.4 is 10.2 Å². The second-order valence-corrected chi connectivity index (χ2v) is 7.18. The normalized spacial score (nSPS) is 19.9. The number of aromatic nitrogens is 3. The molecule has 3 rings (SSSR count). The van der Waals surface area contributed by atoms with E-state index in [-0.39, 0.29) is 24.0 Å². The molecular weight excluding hydrogens is 392 g/mol. The number of nitrogens with one attached hydrogen (secondary N) is 1. The predicted octanol–water partition coefficient (Wildman–Crippen LogP) is 2.83. The van der Waals surface area contributed by atoms with E-state index in [1.807, 2.05) is 0 Å². The number of carbonyl (C=O) groups excluding carboxylic acids is 2. The monoisotopic (exact) mass is 411 g/mol. The smallest absolute Gasteiger partial charge is 0.263 e. The largest absolute Gasteiger partial charge is 0.355 e. The summed E-state index contributed by atoms with van der Waals surface area (Å²) >= 11 is 6.20. The lowest BCUT2D eigenvalue weighted by Gasteiger charge is -2.20. The van der Waals surface area contributed by atoms with E-state index in [2.05, 4.69) is 15.4 Å². The van der Waals surface area contributed by atoms with Crippen LogP contribution in [0.1, 0.15) is 26.7 Å². The lowest BCUT2D eigenvalue weighted by Crippen LogP contribution is -2.38. The number of hydrogen-bond donors (Lipinski definition) is 1. The van der Waals surface area contributed by atoms with Crippen LogP contribution in [0.5, 0.6) is 0 Å². The Labute approximate surface area is 165 Å². The average molecular weight is 412 g/mol. The zero-order valence-corrected chi connectivity index (χ0v) is 16.2. The van der Waals surface area contributed by atoms with E-state index >= 15 is 0 Å². The Hall–Kier alpha value is -2.55. The molecule has 0 aliphatic heterocycles. The van der Waals surface area contributed by atoms with Crippen LogP contribution in [0.4, 0.5) is 14.5 Å². The van der Waals surface area contributed by atoms with Crippen LogP contribution >= 0.6 is 11.6 Å². The molecule has 150 valence electrons. The summed E-state index contributed by atoms with van der Waals surface area (Å²) in [6, 6.07) is 3.54. The van der Waals surface area contributed by atoms with Crippen molar-refractivity contribution in [3.8, 4) is 5.69 Å². The van der Waals surface area contributed by atoms with E-state index < -0.39 is 23.7 Å². The molecule has 2 aromatic heterocycles. The van der Waals surface area contributed by atoms with E-state index in [1.165, 1.54) is 16.5 Å². The molecular formula is C18H20ClF2N5O2. The van der Waals surface area contributed by atoms with Crippen molar-refractivity contribution < 1.29 is 18.4 Å². The van der Waals surface area contributed by atoms with Gasteiger partial charge in [-0.05, 0) is 26.0 Å². The number of pyridine rings is 1. The van der Waals surface area contributed by atoms with E-state index in [9.17, 15) is 18.4 Å². The molecule has 2 aromatic rings. The highest BCUT2D eigenvalue weighted by atomic mass is 35.5. The van der Waals surface area contributed by atoms with Gasteiger partial charge in [-0.2, -0.15) is 5.10 Å². The highest BCUT2D eigenvalue weighted by Crippen LogP contribution is 2.60. The average Bonchev–Trinajstić information content (AvgIpc) is 2.97. The molecule has 1 aliphatic carbocycles.